The van der Waals surface area contributed by atoms with Crippen LogP contribution >= 0.6 is 0 Å². The van der Waals surface area contributed by atoms with Gasteiger partial charge < -0.3 is 5.32 Å². The predicted molar refractivity (Wildman–Crippen MR) is 42.4 cm³/mol. The first-order chi connectivity index (χ1) is 4.88. The third-order valence-corrected chi connectivity index (χ3v) is 4.67. The molecule has 0 spiro atoms. The molecule has 58 valence electrons. The van der Waals surface area contributed by atoms with Crippen LogP contribution in [0.2, 0.25) is 0 Å². The summed E-state index contributed by atoms with van der Waals surface area (Å²) in [5, 5.41) is 4.32. The highest BCUT2D eigenvalue weighted by Gasteiger charge is 2.33. The van der Waals surface area contributed by atoms with Gasteiger partial charge in [0, 0.05) is 27.8 Å². The number of hydrogen-bond donors (Lipinski definition) is 1. The molecule has 2 rings (SSSR count). The number of rotatable bonds is 0. The summed E-state index contributed by atoms with van der Waals surface area (Å²) in [5.74, 6) is 0. The summed E-state index contributed by atoms with van der Waals surface area (Å²) in [7, 11) is -0.498. The maximum absolute atomic E-state index is 11.5. The molecule has 1 N–H and O–H groups in total. The summed E-state index contributed by atoms with van der Waals surface area (Å²) in [5.41, 5.74) is 0. The Morgan fingerprint density at radius 1 is 1.20 bits per heavy atom. The molecule has 10 heavy (non-hydrogen) atoms. The van der Waals surface area contributed by atoms with Crippen molar-refractivity contribution in [1.82, 2.24) is 5.32 Å². The Balaban J connectivity index is 2.14. The molecule has 2 bridgehead atoms. The van der Waals surface area contributed by atoms with Crippen molar-refractivity contribution in [2.24, 2.45) is 0 Å². The van der Waals surface area contributed by atoms with Gasteiger partial charge in [-0.05, 0) is 25.8 Å². The third-order valence-electron chi connectivity index (χ3n) is 2.48. The molecule has 3 atom stereocenters. The summed E-state index contributed by atoms with van der Waals surface area (Å²) in [6, 6.07) is 0. The van der Waals surface area contributed by atoms with Crippen molar-refractivity contribution in [2.45, 2.75) is 29.8 Å². The fraction of sp³-hybridized carbons (Fsp3) is 1.00. The van der Waals surface area contributed by atoms with Crippen LogP contribution in [0.25, 0.3) is 0 Å². The monoisotopic (exact) mass is 159 g/mol. The molecule has 2 saturated heterocycles. The lowest BCUT2D eigenvalue weighted by Crippen LogP contribution is -2.25. The van der Waals surface area contributed by atoms with Gasteiger partial charge >= 0.3 is 0 Å². The molecule has 2 nitrogen and oxygen atoms in total. The molecule has 0 saturated carbocycles. The molecular formula is C7H13NOS. The number of nitrogens with one attached hydrogen (secondary N) is 1. The van der Waals surface area contributed by atoms with Crippen LogP contribution in [0.15, 0.2) is 0 Å². The van der Waals surface area contributed by atoms with Gasteiger partial charge in [-0.2, -0.15) is 0 Å². The first kappa shape index (κ1) is 6.80. The maximum atomic E-state index is 11.5. The Hall–Kier alpha value is 0.110. The fourth-order valence-corrected chi connectivity index (χ4v) is 3.76. The van der Waals surface area contributed by atoms with Crippen molar-refractivity contribution in [3.63, 3.8) is 0 Å². The second-order valence-corrected chi connectivity index (χ2v) is 5.13. The van der Waals surface area contributed by atoms with Crippen LogP contribution in [0.1, 0.15) is 19.3 Å². The average Bonchev–Trinajstić information content (AvgIpc) is 2.06. The number of fused-ring (bicyclic) bond motifs is 2. The Morgan fingerprint density at radius 3 is 2.90 bits per heavy atom. The van der Waals surface area contributed by atoms with E-state index in [1.807, 2.05) is 0 Å². The van der Waals surface area contributed by atoms with E-state index in [1.165, 1.54) is 12.8 Å². The lowest BCUT2D eigenvalue weighted by atomic mass is 10.1. The Labute approximate surface area is 63.8 Å². The number of hydrogen-bond acceptors (Lipinski definition) is 2. The largest absolute Gasteiger partial charge is 0.315 e. The summed E-state index contributed by atoms with van der Waals surface area (Å²) >= 11 is 0. The van der Waals surface area contributed by atoms with Crippen LogP contribution in [-0.4, -0.2) is 27.8 Å². The van der Waals surface area contributed by atoms with Crippen molar-refractivity contribution in [2.75, 3.05) is 13.1 Å². The predicted octanol–water partition coefficient (Wildman–Crippen LogP) is 0.259. The molecule has 0 aromatic rings. The fourth-order valence-electron chi connectivity index (χ4n) is 1.85. The van der Waals surface area contributed by atoms with Crippen LogP contribution in [-0.2, 0) is 10.8 Å². The molecule has 0 aromatic heterocycles. The minimum atomic E-state index is -0.498. The quantitative estimate of drug-likeness (QED) is 0.549. The summed E-state index contributed by atoms with van der Waals surface area (Å²) in [6.45, 7) is 2.07. The van der Waals surface area contributed by atoms with E-state index in [0.29, 0.717) is 10.5 Å². The zero-order chi connectivity index (χ0) is 6.97. The lowest BCUT2D eigenvalue weighted by molar-refractivity contribution is 0.567. The van der Waals surface area contributed by atoms with Gasteiger partial charge in [0.15, 0.2) is 0 Å². The minimum absolute atomic E-state index is 0.479. The Bertz CT molecular complexity index is 144. The molecule has 2 fully saturated rings. The first-order valence-corrected chi connectivity index (χ1v) is 5.25. The van der Waals surface area contributed by atoms with Crippen molar-refractivity contribution in [3.8, 4) is 0 Å². The third kappa shape index (κ3) is 1.01. The van der Waals surface area contributed by atoms with Crippen LogP contribution in [0, 0.1) is 0 Å². The van der Waals surface area contributed by atoms with Gasteiger partial charge in [-0.25, -0.2) is 0 Å². The molecular weight excluding hydrogens is 146 g/mol. The highest BCUT2D eigenvalue weighted by molar-refractivity contribution is 7.86. The second-order valence-electron chi connectivity index (χ2n) is 3.14. The standard InChI is InChI=1S/C7H13NOS/c9-10-6-1-2-7(10)5-8-4-3-6/h6-8H,1-5H2/t6-,7-,10+/m1/s1. The van der Waals surface area contributed by atoms with E-state index in [0.717, 1.165) is 19.5 Å². The molecule has 2 aliphatic heterocycles. The second kappa shape index (κ2) is 2.62. The Morgan fingerprint density at radius 2 is 2.00 bits per heavy atom. The Kier molecular flexibility index (Phi) is 1.78. The van der Waals surface area contributed by atoms with E-state index in [9.17, 15) is 4.21 Å². The molecule has 2 heterocycles. The highest BCUT2D eigenvalue weighted by atomic mass is 32.2. The van der Waals surface area contributed by atoms with E-state index in [1.54, 1.807) is 0 Å². The van der Waals surface area contributed by atoms with Crippen LogP contribution in [0.3, 0.4) is 0 Å². The molecule has 0 aliphatic carbocycles. The highest BCUT2D eigenvalue weighted by Crippen LogP contribution is 2.26. The van der Waals surface area contributed by atoms with Gasteiger partial charge in [0.25, 0.3) is 0 Å². The minimum Gasteiger partial charge on any atom is -0.315 e. The molecule has 2 aliphatic rings. The maximum Gasteiger partial charge on any atom is 0.0475 e. The van der Waals surface area contributed by atoms with Gasteiger partial charge in [0.05, 0.1) is 0 Å². The zero-order valence-electron chi connectivity index (χ0n) is 6.01. The molecule has 0 radical (unpaired) electrons. The topological polar surface area (TPSA) is 29.1 Å². The van der Waals surface area contributed by atoms with E-state index in [-0.39, 0.29) is 0 Å². The van der Waals surface area contributed by atoms with Gasteiger partial charge in [0.1, 0.15) is 0 Å². The summed E-state index contributed by atoms with van der Waals surface area (Å²) < 4.78 is 11.5. The van der Waals surface area contributed by atoms with Crippen molar-refractivity contribution < 1.29 is 4.21 Å². The first-order valence-electron chi connectivity index (χ1n) is 3.98. The van der Waals surface area contributed by atoms with E-state index < -0.39 is 10.8 Å². The van der Waals surface area contributed by atoms with Crippen LogP contribution in [0.5, 0.6) is 0 Å². The van der Waals surface area contributed by atoms with Crippen molar-refractivity contribution >= 4 is 10.8 Å². The zero-order valence-corrected chi connectivity index (χ0v) is 6.82. The SMILES string of the molecule is O=[S@]1[C@H]2CCNC[C@H]1CC2. The molecule has 3 heteroatoms. The van der Waals surface area contributed by atoms with Gasteiger partial charge in [0.2, 0.25) is 0 Å². The van der Waals surface area contributed by atoms with E-state index in [4.69, 9.17) is 0 Å². The van der Waals surface area contributed by atoms with Gasteiger partial charge in [-0.1, -0.05) is 0 Å². The van der Waals surface area contributed by atoms with Crippen molar-refractivity contribution in [3.05, 3.63) is 0 Å². The molecule has 0 aromatic carbocycles. The van der Waals surface area contributed by atoms with E-state index in [2.05, 4.69) is 5.32 Å². The van der Waals surface area contributed by atoms with Gasteiger partial charge in [-0.3, -0.25) is 4.21 Å². The lowest BCUT2D eigenvalue weighted by Gasteiger charge is -2.05. The molecule has 0 amide bonds. The summed E-state index contributed by atoms with van der Waals surface area (Å²) in [6.07, 6.45) is 3.52. The molecule has 0 unspecified atom stereocenters. The van der Waals surface area contributed by atoms with E-state index >= 15 is 0 Å². The normalized spacial score (nSPS) is 47.0. The van der Waals surface area contributed by atoms with Crippen LogP contribution in [0.4, 0.5) is 0 Å². The van der Waals surface area contributed by atoms with Gasteiger partial charge in [-0.15, -0.1) is 0 Å². The van der Waals surface area contributed by atoms with Crippen molar-refractivity contribution in [1.29, 1.82) is 0 Å². The van der Waals surface area contributed by atoms with Crippen LogP contribution < -0.4 is 5.32 Å². The summed E-state index contributed by atoms with van der Waals surface area (Å²) in [4.78, 5) is 0. The smallest absolute Gasteiger partial charge is 0.0475 e. The average molecular weight is 159 g/mol.